The van der Waals surface area contributed by atoms with Crippen molar-refractivity contribution in [2.24, 2.45) is 17.3 Å². The molecule has 1 saturated carbocycles. The van der Waals surface area contributed by atoms with Crippen LogP contribution in [0.3, 0.4) is 0 Å². The molecule has 3 atom stereocenters. The Bertz CT molecular complexity index is 718. The fourth-order valence-electron chi connectivity index (χ4n) is 5.47. The van der Waals surface area contributed by atoms with Crippen LogP contribution in [0.1, 0.15) is 52.0 Å². The van der Waals surface area contributed by atoms with Gasteiger partial charge in [0.25, 0.3) is 0 Å². The number of hydrogen-bond donors (Lipinski definition) is 1. The minimum Gasteiger partial charge on any atom is -0.508 e. The Morgan fingerprint density at radius 3 is 2.83 bits per heavy atom. The third-order valence-corrected chi connectivity index (χ3v) is 6.45. The standard InChI is InChI=1S/C20H24O3/c1-12(2)16-7-8-19(3)20(16)9-6-14(22)11-17(20)15-10-13(21)4-5-18(15)23-19/h4-5,10-12,16,21H,6-9H2,1-3H3/t16-,19+,20+/m0/s1. The summed E-state index contributed by atoms with van der Waals surface area (Å²) >= 11 is 0. The van der Waals surface area contributed by atoms with Gasteiger partial charge in [-0.25, -0.2) is 0 Å². The zero-order valence-electron chi connectivity index (χ0n) is 14.1. The van der Waals surface area contributed by atoms with E-state index in [9.17, 15) is 9.90 Å². The van der Waals surface area contributed by atoms with Crippen LogP contribution < -0.4 is 4.74 Å². The highest BCUT2D eigenvalue weighted by atomic mass is 16.5. The number of phenols is 1. The maximum atomic E-state index is 12.2. The van der Waals surface area contributed by atoms with Gasteiger partial charge in [0, 0.05) is 17.4 Å². The van der Waals surface area contributed by atoms with Gasteiger partial charge in [-0.05, 0) is 67.9 Å². The fraction of sp³-hybridized carbons (Fsp3) is 0.550. The first-order chi connectivity index (χ1) is 10.9. The molecule has 1 heterocycles. The Morgan fingerprint density at radius 2 is 2.09 bits per heavy atom. The Balaban J connectivity index is 2.01. The van der Waals surface area contributed by atoms with Gasteiger partial charge >= 0.3 is 0 Å². The summed E-state index contributed by atoms with van der Waals surface area (Å²) in [5, 5.41) is 9.95. The van der Waals surface area contributed by atoms with Crippen LogP contribution >= 0.6 is 0 Å². The van der Waals surface area contributed by atoms with Crippen LogP contribution in [-0.4, -0.2) is 16.5 Å². The van der Waals surface area contributed by atoms with Gasteiger partial charge in [-0.3, -0.25) is 4.79 Å². The highest BCUT2D eigenvalue weighted by Gasteiger charge is 2.64. The Morgan fingerprint density at radius 1 is 1.30 bits per heavy atom. The molecule has 23 heavy (non-hydrogen) atoms. The quantitative estimate of drug-likeness (QED) is 0.839. The summed E-state index contributed by atoms with van der Waals surface area (Å²) in [7, 11) is 0. The van der Waals surface area contributed by atoms with Crippen LogP contribution in [0.25, 0.3) is 5.57 Å². The molecule has 3 heteroatoms. The van der Waals surface area contributed by atoms with E-state index in [0.29, 0.717) is 18.3 Å². The Kier molecular flexibility index (Phi) is 2.97. The summed E-state index contributed by atoms with van der Waals surface area (Å²) in [5.74, 6) is 2.26. The smallest absolute Gasteiger partial charge is 0.156 e. The summed E-state index contributed by atoms with van der Waals surface area (Å²) in [4.78, 5) is 12.2. The van der Waals surface area contributed by atoms with Crippen molar-refractivity contribution >= 4 is 11.4 Å². The number of ether oxygens (including phenoxy) is 1. The Labute approximate surface area is 137 Å². The number of carbonyl (C=O) groups excluding carboxylic acids is 1. The number of ketones is 1. The highest BCUT2D eigenvalue weighted by Crippen LogP contribution is 2.67. The van der Waals surface area contributed by atoms with E-state index < -0.39 is 0 Å². The van der Waals surface area contributed by atoms with E-state index in [1.807, 2.05) is 12.1 Å². The van der Waals surface area contributed by atoms with Gasteiger partial charge in [0.1, 0.15) is 17.1 Å². The lowest BCUT2D eigenvalue weighted by molar-refractivity contribution is -0.117. The van der Waals surface area contributed by atoms with Gasteiger partial charge in [0.2, 0.25) is 0 Å². The van der Waals surface area contributed by atoms with Crippen molar-refractivity contribution in [2.75, 3.05) is 0 Å². The van der Waals surface area contributed by atoms with Crippen LogP contribution in [0.4, 0.5) is 0 Å². The van der Waals surface area contributed by atoms with E-state index in [2.05, 4.69) is 20.8 Å². The van der Waals surface area contributed by atoms with Crippen LogP contribution in [0, 0.1) is 17.3 Å². The highest BCUT2D eigenvalue weighted by molar-refractivity contribution is 6.01. The number of fused-ring (bicyclic) bond motifs is 2. The number of benzene rings is 1. The van der Waals surface area contributed by atoms with Crippen LogP contribution in [0.15, 0.2) is 24.3 Å². The lowest BCUT2D eigenvalue weighted by atomic mass is 9.55. The van der Waals surface area contributed by atoms with Crippen molar-refractivity contribution in [3.05, 3.63) is 29.8 Å². The largest absolute Gasteiger partial charge is 0.508 e. The van der Waals surface area contributed by atoms with Crippen molar-refractivity contribution in [2.45, 2.75) is 52.1 Å². The molecule has 1 spiro atoms. The molecule has 3 nitrogen and oxygen atoms in total. The molecular weight excluding hydrogens is 288 g/mol. The normalized spacial score (nSPS) is 35.2. The van der Waals surface area contributed by atoms with E-state index in [0.717, 1.165) is 36.1 Å². The number of phenolic OH excluding ortho intramolecular Hbond substituents is 1. The van der Waals surface area contributed by atoms with Crippen molar-refractivity contribution in [1.29, 1.82) is 0 Å². The second-order valence-corrected chi connectivity index (χ2v) is 7.90. The minimum absolute atomic E-state index is 0.115. The molecule has 0 unspecified atom stereocenters. The predicted octanol–water partition coefficient (Wildman–Crippen LogP) is 4.34. The number of hydrogen-bond acceptors (Lipinski definition) is 3. The SMILES string of the molecule is CC(C)[C@@H]1CC[C@@]2(C)Oc3ccc(O)cc3C3=CC(=O)CC[C@]312. The molecule has 0 saturated heterocycles. The van der Waals surface area contributed by atoms with Crippen LogP contribution in [0.2, 0.25) is 0 Å². The lowest BCUT2D eigenvalue weighted by Gasteiger charge is -2.54. The van der Waals surface area contributed by atoms with E-state index in [1.165, 1.54) is 0 Å². The first-order valence-corrected chi connectivity index (χ1v) is 8.65. The molecule has 0 bridgehead atoms. The van der Waals surface area contributed by atoms with Crippen molar-refractivity contribution < 1.29 is 14.6 Å². The van der Waals surface area contributed by atoms with Crippen LogP contribution in [0.5, 0.6) is 11.5 Å². The molecule has 0 radical (unpaired) electrons. The molecule has 3 aliphatic rings. The molecule has 1 fully saturated rings. The minimum atomic E-state index is -0.265. The fourth-order valence-corrected chi connectivity index (χ4v) is 5.47. The average Bonchev–Trinajstić information content (AvgIpc) is 2.78. The molecule has 4 rings (SSSR count). The van der Waals surface area contributed by atoms with Gasteiger partial charge < -0.3 is 9.84 Å². The average molecular weight is 312 g/mol. The van der Waals surface area contributed by atoms with Crippen molar-refractivity contribution in [1.82, 2.24) is 0 Å². The summed E-state index contributed by atoms with van der Waals surface area (Å²) < 4.78 is 6.51. The molecule has 1 aromatic rings. The second kappa shape index (κ2) is 4.62. The zero-order valence-corrected chi connectivity index (χ0v) is 14.1. The molecule has 1 aromatic carbocycles. The third kappa shape index (κ3) is 1.79. The lowest BCUT2D eigenvalue weighted by Crippen LogP contribution is -2.54. The van der Waals surface area contributed by atoms with Crippen molar-refractivity contribution in [3.63, 3.8) is 0 Å². The van der Waals surface area contributed by atoms with E-state index in [-0.39, 0.29) is 22.5 Å². The number of rotatable bonds is 1. The molecular formula is C20H24O3. The summed E-state index contributed by atoms with van der Waals surface area (Å²) in [6.45, 7) is 6.77. The molecule has 1 aliphatic heterocycles. The maximum Gasteiger partial charge on any atom is 0.156 e. The van der Waals surface area contributed by atoms with E-state index >= 15 is 0 Å². The third-order valence-electron chi connectivity index (χ3n) is 6.45. The van der Waals surface area contributed by atoms with Gasteiger partial charge in [-0.1, -0.05) is 13.8 Å². The van der Waals surface area contributed by atoms with E-state index in [1.54, 1.807) is 12.1 Å². The summed E-state index contributed by atoms with van der Waals surface area (Å²) in [6.07, 6.45) is 5.43. The zero-order chi connectivity index (χ0) is 16.4. The summed E-state index contributed by atoms with van der Waals surface area (Å²) in [6, 6.07) is 5.26. The van der Waals surface area contributed by atoms with E-state index in [4.69, 9.17) is 4.74 Å². The molecule has 0 amide bonds. The maximum absolute atomic E-state index is 12.2. The second-order valence-electron chi connectivity index (χ2n) is 7.90. The number of aromatic hydroxyl groups is 1. The summed E-state index contributed by atoms with van der Waals surface area (Å²) in [5.41, 5.74) is 1.63. The van der Waals surface area contributed by atoms with Crippen molar-refractivity contribution in [3.8, 4) is 11.5 Å². The predicted molar refractivity (Wildman–Crippen MR) is 89.4 cm³/mol. The first-order valence-electron chi connectivity index (χ1n) is 8.65. The molecule has 0 aromatic heterocycles. The monoisotopic (exact) mass is 312 g/mol. The van der Waals surface area contributed by atoms with Crippen LogP contribution in [-0.2, 0) is 4.79 Å². The molecule has 2 aliphatic carbocycles. The van der Waals surface area contributed by atoms with Gasteiger partial charge in [-0.15, -0.1) is 0 Å². The number of carbonyl (C=O) groups is 1. The van der Waals surface area contributed by atoms with Gasteiger partial charge in [0.15, 0.2) is 5.78 Å². The van der Waals surface area contributed by atoms with Gasteiger partial charge in [0.05, 0.1) is 0 Å². The topological polar surface area (TPSA) is 46.5 Å². The number of allylic oxidation sites excluding steroid dienone is 1. The Hall–Kier alpha value is -1.77. The molecule has 1 N–H and O–H groups in total. The van der Waals surface area contributed by atoms with Gasteiger partial charge in [-0.2, -0.15) is 0 Å². The molecule has 122 valence electrons. The first kappa shape index (κ1) is 14.8.